The average molecular weight is 268 g/mol. The summed E-state index contributed by atoms with van der Waals surface area (Å²) < 4.78 is 0. The molecule has 0 aromatic carbocycles. The highest BCUT2D eigenvalue weighted by atomic mass is 35.5. The summed E-state index contributed by atoms with van der Waals surface area (Å²) in [5, 5.41) is 0.574. The molecule has 0 bridgehead atoms. The van der Waals surface area contributed by atoms with Crippen molar-refractivity contribution in [2.45, 2.75) is 40.0 Å². The Morgan fingerprint density at radius 2 is 2.06 bits per heavy atom. The van der Waals surface area contributed by atoms with Gasteiger partial charge < -0.3 is 4.90 Å². The molecule has 18 heavy (non-hydrogen) atoms. The van der Waals surface area contributed by atoms with E-state index in [1.807, 2.05) is 6.92 Å². The molecule has 0 N–H and O–H groups in total. The van der Waals surface area contributed by atoms with Gasteiger partial charge in [-0.2, -0.15) is 0 Å². The van der Waals surface area contributed by atoms with E-state index >= 15 is 0 Å². The lowest BCUT2D eigenvalue weighted by Crippen LogP contribution is -2.26. The summed E-state index contributed by atoms with van der Waals surface area (Å²) in [7, 11) is 0. The van der Waals surface area contributed by atoms with Gasteiger partial charge in [0.2, 0.25) is 0 Å². The fraction of sp³-hybridized carbons (Fsp3) is 0.714. The van der Waals surface area contributed by atoms with Crippen LogP contribution in [0.1, 0.15) is 38.7 Å². The third kappa shape index (κ3) is 2.94. The van der Waals surface area contributed by atoms with Gasteiger partial charge in [0, 0.05) is 18.7 Å². The monoisotopic (exact) mass is 267 g/mol. The Morgan fingerprint density at radius 3 is 2.78 bits per heavy atom. The summed E-state index contributed by atoms with van der Waals surface area (Å²) in [4.78, 5) is 10.8. The molecule has 1 aliphatic rings. The summed E-state index contributed by atoms with van der Waals surface area (Å²) in [6.45, 7) is 8.82. The highest BCUT2D eigenvalue weighted by molar-refractivity contribution is 6.30. The van der Waals surface area contributed by atoms with Crippen molar-refractivity contribution in [3.63, 3.8) is 0 Å². The smallest absolute Gasteiger partial charge is 0.137 e. The molecule has 0 spiro atoms. The van der Waals surface area contributed by atoms with Crippen LogP contribution in [0.3, 0.4) is 0 Å². The minimum Gasteiger partial charge on any atom is -0.356 e. The molecular formula is C14H22ClN3. The van der Waals surface area contributed by atoms with Gasteiger partial charge in [0.25, 0.3) is 0 Å². The summed E-state index contributed by atoms with van der Waals surface area (Å²) in [6.07, 6.45) is 5.38. The SMILES string of the molecule is Cc1c(Cl)ncnc1N1CCCC(C(C)C)CC1. The van der Waals surface area contributed by atoms with Gasteiger partial charge in [0.1, 0.15) is 17.3 Å². The Hall–Kier alpha value is -0.830. The van der Waals surface area contributed by atoms with E-state index < -0.39 is 0 Å². The Bertz CT molecular complexity index is 406. The van der Waals surface area contributed by atoms with Crippen molar-refractivity contribution in [3.05, 3.63) is 17.0 Å². The molecule has 100 valence electrons. The van der Waals surface area contributed by atoms with E-state index in [9.17, 15) is 0 Å². The molecular weight excluding hydrogens is 246 g/mol. The first kappa shape index (κ1) is 13.6. The topological polar surface area (TPSA) is 29.0 Å². The number of nitrogens with zero attached hydrogens (tertiary/aromatic N) is 3. The lowest BCUT2D eigenvalue weighted by Gasteiger charge is -2.24. The second-order valence-electron chi connectivity index (χ2n) is 5.54. The molecule has 1 aliphatic heterocycles. The van der Waals surface area contributed by atoms with E-state index in [2.05, 4.69) is 28.7 Å². The standard InChI is InChI=1S/C14H22ClN3/c1-10(2)12-5-4-7-18(8-6-12)14-11(3)13(15)16-9-17-14/h9-10,12H,4-8H2,1-3H3. The molecule has 1 saturated heterocycles. The maximum absolute atomic E-state index is 6.08. The van der Waals surface area contributed by atoms with Gasteiger partial charge >= 0.3 is 0 Å². The number of aromatic nitrogens is 2. The number of rotatable bonds is 2. The zero-order valence-corrected chi connectivity index (χ0v) is 12.2. The fourth-order valence-electron chi connectivity index (χ4n) is 2.74. The molecule has 2 heterocycles. The molecule has 4 heteroatoms. The normalized spacial score (nSPS) is 21.2. The first-order valence-electron chi connectivity index (χ1n) is 6.81. The first-order chi connectivity index (χ1) is 8.59. The van der Waals surface area contributed by atoms with Crippen LogP contribution < -0.4 is 4.90 Å². The van der Waals surface area contributed by atoms with E-state index in [1.54, 1.807) is 6.33 Å². The minimum atomic E-state index is 0.574. The molecule has 0 saturated carbocycles. The van der Waals surface area contributed by atoms with E-state index in [0.29, 0.717) is 5.15 Å². The summed E-state index contributed by atoms with van der Waals surface area (Å²) in [5.41, 5.74) is 1.00. The second-order valence-corrected chi connectivity index (χ2v) is 5.89. The summed E-state index contributed by atoms with van der Waals surface area (Å²) in [6, 6.07) is 0. The Kier molecular flexibility index (Phi) is 4.44. The predicted octanol–water partition coefficient (Wildman–Crippen LogP) is 3.70. The Morgan fingerprint density at radius 1 is 1.28 bits per heavy atom. The molecule has 0 amide bonds. The molecule has 0 aliphatic carbocycles. The summed E-state index contributed by atoms with van der Waals surface area (Å²) >= 11 is 6.08. The third-order valence-corrected chi connectivity index (χ3v) is 4.39. The van der Waals surface area contributed by atoms with Crippen LogP contribution >= 0.6 is 11.6 Å². The van der Waals surface area contributed by atoms with E-state index in [4.69, 9.17) is 11.6 Å². The highest BCUT2D eigenvalue weighted by Crippen LogP contribution is 2.29. The van der Waals surface area contributed by atoms with Crippen molar-refractivity contribution in [3.8, 4) is 0 Å². The van der Waals surface area contributed by atoms with Crippen molar-refractivity contribution in [1.82, 2.24) is 9.97 Å². The van der Waals surface area contributed by atoms with Crippen LogP contribution in [-0.2, 0) is 0 Å². The van der Waals surface area contributed by atoms with Crippen molar-refractivity contribution < 1.29 is 0 Å². The van der Waals surface area contributed by atoms with Gasteiger partial charge in [0.05, 0.1) is 0 Å². The number of hydrogen-bond acceptors (Lipinski definition) is 3. The predicted molar refractivity (Wildman–Crippen MR) is 76.2 cm³/mol. The zero-order chi connectivity index (χ0) is 13.1. The van der Waals surface area contributed by atoms with Crippen LogP contribution in [0.15, 0.2) is 6.33 Å². The van der Waals surface area contributed by atoms with Crippen LogP contribution in [0.5, 0.6) is 0 Å². The lowest BCUT2D eigenvalue weighted by molar-refractivity contribution is 0.351. The van der Waals surface area contributed by atoms with Crippen molar-refractivity contribution in [2.24, 2.45) is 11.8 Å². The second kappa shape index (κ2) is 5.87. The van der Waals surface area contributed by atoms with E-state index in [0.717, 1.165) is 36.3 Å². The molecule has 0 radical (unpaired) electrons. The van der Waals surface area contributed by atoms with Crippen LogP contribution in [-0.4, -0.2) is 23.1 Å². The molecule has 2 rings (SSSR count). The number of halogens is 1. The van der Waals surface area contributed by atoms with E-state index in [1.165, 1.54) is 19.3 Å². The third-order valence-electron chi connectivity index (χ3n) is 4.01. The van der Waals surface area contributed by atoms with Gasteiger partial charge in [-0.3, -0.25) is 0 Å². The van der Waals surface area contributed by atoms with Gasteiger partial charge in [-0.05, 0) is 38.0 Å². The molecule has 1 aromatic heterocycles. The van der Waals surface area contributed by atoms with E-state index in [-0.39, 0.29) is 0 Å². The number of anilines is 1. The van der Waals surface area contributed by atoms with Crippen LogP contribution in [0.2, 0.25) is 5.15 Å². The van der Waals surface area contributed by atoms with Crippen molar-refractivity contribution in [1.29, 1.82) is 0 Å². The van der Waals surface area contributed by atoms with Gasteiger partial charge in [-0.25, -0.2) is 9.97 Å². The van der Waals surface area contributed by atoms with Crippen LogP contribution in [0.25, 0.3) is 0 Å². The number of hydrogen-bond donors (Lipinski definition) is 0. The van der Waals surface area contributed by atoms with Crippen LogP contribution in [0.4, 0.5) is 5.82 Å². The van der Waals surface area contributed by atoms with Gasteiger partial charge in [-0.15, -0.1) is 0 Å². The summed E-state index contributed by atoms with van der Waals surface area (Å²) in [5.74, 6) is 2.63. The highest BCUT2D eigenvalue weighted by Gasteiger charge is 2.21. The lowest BCUT2D eigenvalue weighted by atomic mass is 9.89. The quantitative estimate of drug-likeness (QED) is 0.765. The maximum Gasteiger partial charge on any atom is 0.137 e. The van der Waals surface area contributed by atoms with Crippen LogP contribution in [0, 0.1) is 18.8 Å². The Balaban J connectivity index is 2.12. The molecule has 1 aromatic rings. The zero-order valence-electron chi connectivity index (χ0n) is 11.5. The Labute approximate surface area is 115 Å². The molecule has 1 fully saturated rings. The molecule has 1 unspecified atom stereocenters. The van der Waals surface area contributed by atoms with Crippen molar-refractivity contribution in [2.75, 3.05) is 18.0 Å². The minimum absolute atomic E-state index is 0.574. The maximum atomic E-state index is 6.08. The average Bonchev–Trinajstić information content (AvgIpc) is 2.58. The molecule has 3 nitrogen and oxygen atoms in total. The fourth-order valence-corrected chi connectivity index (χ4v) is 2.87. The van der Waals surface area contributed by atoms with Crippen molar-refractivity contribution >= 4 is 17.4 Å². The largest absolute Gasteiger partial charge is 0.356 e. The van der Waals surface area contributed by atoms with Gasteiger partial charge in [0.15, 0.2) is 0 Å². The molecule has 1 atom stereocenters. The van der Waals surface area contributed by atoms with Gasteiger partial charge in [-0.1, -0.05) is 25.4 Å². The first-order valence-corrected chi connectivity index (χ1v) is 7.19.